The van der Waals surface area contributed by atoms with Gasteiger partial charge in [-0.15, -0.1) is 0 Å². The number of sulfonamides is 1. The fraction of sp³-hybridized carbons (Fsp3) is 0.0952. The van der Waals surface area contributed by atoms with E-state index in [4.69, 9.17) is 4.42 Å². The second-order valence-electron chi connectivity index (χ2n) is 6.72. The molecule has 3 N–H and O–H groups in total. The van der Waals surface area contributed by atoms with Crippen molar-refractivity contribution < 1.29 is 27.2 Å². The van der Waals surface area contributed by atoms with E-state index in [-0.39, 0.29) is 22.7 Å². The predicted molar refractivity (Wildman–Crippen MR) is 115 cm³/mol. The number of fused-ring (bicyclic) bond motifs is 1. The Bertz CT molecular complexity index is 1390. The van der Waals surface area contributed by atoms with Gasteiger partial charge >= 0.3 is 5.97 Å². The molecule has 0 aliphatic carbocycles. The summed E-state index contributed by atoms with van der Waals surface area (Å²) >= 11 is 0. The van der Waals surface area contributed by atoms with Gasteiger partial charge in [0.1, 0.15) is 17.1 Å². The molecule has 0 spiro atoms. The lowest BCUT2D eigenvalue weighted by Crippen LogP contribution is -2.23. The molecule has 4 aromatic rings. The minimum atomic E-state index is -3.85. The number of aromatic amines is 1. The lowest BCUT2D eigenvalue weighted by molar-refractivity contribution is 0.0595. The van der Waals surface area contributed by atoms with Gasteiger partial charge in [0, 0.05) is 10.9 Å². The van der Waals surface area contributed by atoms with Crippen LogP contribution >= 0.6 is 0 Å². The molecule has 32 heavy (non-hydrogen) atoms. The molecule has 10 nitrogen and oxygen atoms in total. The highest BCUT2D eigenvalue weighted by Crippen LogP contribution is 2.20. The topological polar surface area (TPSA) is 143 Å². The first kappa shape index (κ1) is 21.3. The summed E-state index contributed by atoms with van der Waals surface area (Å²) in [5.41, 5.74) is 1.22. The number of hydrogen-bond acceptors (Lipinski definition) is 7. The van der Waals surface area contributed by atoms with E-state index in [2.05, 4.69) is 24.7 Å². The lowest BCUT2D eigenvalue weighted by Gasteiger charge is -2.08. The Labute approximate surface area is 182 Å². The lowest BCUT2D eigenvalue weighted by atomic mass is 10.2. The van der Waals surface area contributed by atoms with Crippen molar-refractivity contribution in [2.24, 2.45) is 0 Å². The first-order valence-corrected chi connectivity index (χ1v) is 10.8. The second-order valence-corrected chi connectivity index (χ2v) is 8.49. The first-order chi connectivity index (χ1) is 15.4. The minimum absolute atomic E-state index is 0.0122. The zero-order valence-electron chi connectivity index (χ0n) is 16.8. The molecule has 11 heteroatoms. The third-order valence-electron chi connectivity index (χ3n) is 4.56. The number of nitrogens with one attached hydrogen (secondary N) is 3. The third kappa shape index (κ3) is 4.53. The Morgan fingerprint density at radius 3 is 2.75 bits per heavy atom. The van der Waals surface area contributed by atoms with Gasteiger partial charge in [-0.1, -0.05) is 6.07 Å². The largest absolute Gasteiger partial charge is 0.468 e. The van der Waals surface area contributed by atoms with Crippen molar-refractivity contribution in [1.82, 2.24) is 14.7 Å². The summed E-state index contributed by atoms with van der Waals surface area (Å²) in [5.74, 6) is -0.587. The van der Waals surface area contributed by atoms with E-state index in [9.17, 15) is 18.0 Å². The van der Waals surface area contributed by atoms with Crippen LogP contribution in [0.4, 0.5) is 5.69 Å². The molecular formula is C21H18N4O6S. The SMILES string of the molecule is COC(=O)c1cc2cc(NC(=O)c3cccc(S(=O)(=O)NCc4ccco4)c3)cnc2[nH]1. The number of amides is 1. The smallest absolute Gasteiger partial charge is 0.354 e. The molecule has 0 saturated carbocycles. The van der Waals surface area contributed by atoms with Crippen molar-refractivity contribution in [2.45, 2.75) is 11.4 Å². The maximum atomic E-state index is 12.7. The normalized spacial score (nSPS) is 11.4. The number of carbonyl (C=O) groups excluding carboxylic acids is 2. The summed E-state index contributed by atoms with van der Waals surface area (Å²) in [4.78, 5) is 31.3. The number of methoxy groups -OCH3 is 1. The van der Waals surface area contributed by atoms with Crippen molar-refractivity contribution in [3.8, 4) is 0 Å². The number of pyridine rings is 1. The van der Waals surface area contributed by atoms with Crippen LogP contribution in [0.1, 0.15) is 26.6 Å². The minimum Gasteiger partial charge on any atom is -0.468 e. The molecule has 0 aliphatic rings. The molecule has 0 fully saturated rings. The van der Waals surface area contributed by atoms with Crippen molar-refractivity contribution in [2.75, 3.05) is 12.4 Å². The maximum Gasteiger partial charge on any atom is 0.354 e. The van der Waals surface area contributed by atoms with Gasteiger partial charge in [-0.3, -0.25) is 4.79 Å². The third-order valence-corrected chi connectivity index (χ3v) is 5.96. The van der Waals surface area contributed by atoms with E-state index in [0.717, 1.165) is 0 Å². The number of benzene rings is 1. The van der Waals surface area contributed by atoms with Crippen molar-refractivity contribution in [1.29, 1.82) is 0 Å². The fourth-order valence-corrected chi connectivity index (χ4v) is 4.01. The number of aromatic nitrogens is 2. The van der Waals surface area contributed by atoms with Crippen molar-refractivity contribution >= 4 is 38.6 Å². The number of carbonyl (C=O) groups is 2. The van der Waals surface area contributed by atoms with Crippen LogP contribution in [0.2, 0.25) is 0 Å². The van der Waals surface area contributed by atoms with Gasteiger partial charge in [-0.2, -0.15) is 0 Å². The van der Waals surface area contributed by atoms with E-state index in [1.165, 1.54) is 43.8 Å². The molecular weight excluding hydrogens is 436 g/mol. The maximum absolute atomic E-state index is 12.7. The van der Waals surface area contributed by atoms with Gasteiger partial charge in [0.25, 0.3) is 5.91 Å². The zero-order chi connectivity index (χ0) is 22.7. The van der Waals surface area contributed by atoms with Gasteiger partial charge in [-0.25, -0.2) is 22.9 Å². The Morgan fingerprint density at radius 2 is 2.00 bits per heavy atom. The quantitative estimate of drug-likeness (QED) is 0.364. The van der Waals surface area contributed by atoms with Crippen LogP contribution in [-0.2, 0) is 21.3 Å². The van der Waals surface area contributed by atoms with Gasteiger partial charge in [0.05, 0.1) is 36.7 Å². The van der Waals surface area contributed by atoms with Crippen LogP contribution in [0.25, 0.3) is 11.0 Å². The number of rotatable bonds is 7. The molecule has 3 aromatic heterocycles. The van der Waals surface area contributed by atoms with Crippen LogP contribution in [-0.4, -0.2) is 37.4 Å². The molecule has 0 saturated heterocycles. The van der Waals surface area contributed by atoms with Crippen LogP contribution < -0.4 is 10.0 Å². The van der Waals surface area contributed by atoms with Crippen molar-refractivity contribution in [3.05, 3.63) is 78.0 Å². The van der Waals surface area contributed by atoms with E-state index in [1.807, 2.05) is 0 Å². The Hall–Kier alpha value is -3.96. The number of nitrogens with zero attached hydrogens (tertiary/aromatic N) is 1. The average molecular weight is 454 g/mol. The first-order valence-electron chi connectivity index (χ1n) is 9.36. The van der Waals surface area contributed by atoms with E-state index in [0.29, 0.717) is 22.5 Å². The number of anilines is 1. The van der Waals surface area contributed by atoms with E-state index in [1.54, 1.807) is 24.3 Å². The average Bonchev–Trinajstić information content (AvgIpc) is 3.47. The number of hydrogen-bond donors (Lipinski definition) is 3. The van der Waals surface area contributed by atoms with Gasteiger partial charge < -0.3 is 19.5 Å². The van der Waals surface area contributed by atoms with E-state index >= 15 is 0 Å². The summed E-state index contributed by atoms with van der Waals surface area (Å²) in [6.07, 6.45) is 2.87. The molecule has 164 valence electrons. The molecule has 0 atom stereocenters. The number of ether oxygens (including phenoxy) is 1. The molecule has 0 aliphatic heterocycles. The monoisotopic (exact) mass is 454 g/mol. The fourth-order valence-electron chi connectivity index (χ4n) is 2.97. The summed E-state index contributed by atoms with van der Waals surface area (Å²) in [5, 5.41) is 3.27. The summed E-state index contributed by atoms with van der Waals surface area (Å²) in [7, 11) is -2.58. The molecule has 4 rings (SSSR count). The van der Waals surface area contributed by atoms with Gasteiger partial charge in [-0.05, 0) is 42.5 Å². The van der Waals surface area contributed by atoms with Crippen LogP contribution in [0.3, 0.4) is 0 Å². The number of esters is 1. The van der Waals surface area contributed by atoms with Gasteiger partial charge in [0.15, 0.2) is 0 Å². The number of H-pyrrole nitrogens is 1. The summed E-state index contributed by atoms with van der Waals surface area (Å²) in [6.45, 7) is -0.0122. The highest BCUT2D eigenvalue weighted by atomic mass is 32.2. The summed E-state index contributed by atoms with van der Waals surface area (Å²) in [6, 6.07) is 12.1. The molecule has 3 heterocycles. The zero-order valence-corrected chi connectivity index (χ0v) is 17.6. The van der Waals surface area contributed by atoms with Crippen LogP contribution in [0.15, 0.2) is 70.3 Å². The second kappa shape index (κ2) is 8.65. The highest BCUT2D eigenvalue weighted by Gasteiger charge is 2.17. The predicted octanol–water partition coefficient (Wildman–Crippen LogP) is 2.67. The Balaban J connectivity index is 1.50. The van der Waals surface area contributed by atoms with Crippen LogP contribution in [0, 0.1) is 0 Å². The molecule has 1 aromatic carbocycles. The number of furan rings is 1. The Morgan fingerprint density at radius 1 is 1.16 bits per heavy atom. The highest BCUT2D eigenvalue weighted by molar-refractivity contribution is 7.89. The van der Waals surface area contributed by atoms with E-state index < -0.39 is 21.9 Å². The van der Waals surface area contributed by atoms with Crippen LogP contribution in [0.5, 0.6) is 0 Å². The Kier molecular flexibility index (Phi) is 5.75. The van der Waals surface area contributed by atoms with Gasteiger partial charge in [0.2, 0.25) is 10.0 Å². The molecule has 1 amide bonds. The van der Waals surface area contributed by atoms with Crippen molar-refractivity contribution in [3.63, 3.8) is 0 Å². The molecule has 0 radical (unpaired) electrons. The molecule has 0 unspecified atom stereocenters. The standard InChI is InChI=1S/C21H18N4O6S/c1-30-21(27)18-10-14-8-15(11-22-19(14)25-18)24-20(26)13-4-2-6-17(9-13)32(28,29)23-12-16-5-3-7-31-16/h2-11,23H,12H2,1H3,(H,22,25)(H,24,26). The summed E-state index contributed by atoms with van der Waals surface area (Å²) < 4.78 is 37.3. The molecule has 0 bridgehead atoms.